The van der Waals surface area contributed by atoms with Gasteiger partial charge in [0.2, 0.25) is 5.56 Å². The first-order valence-electron chi connectivity index (χ1n) is 9.24. The number of benzene rings is 1. The van der Waals surface area contributed by atoms with Crippen molar-refractivity contribution in [3.63, 3.8) is 0 Å². The fraction of sp³-hybridized carbons (Fsp3) is 0.300. The second kappa shape index (κ2) is 8.70. The Bertz CT molecular complexity index is 1220. The molecule has 3 rings (SSSR count). The van der Waals surface area contributed by atoms with E-state index in [-0.39, 0.29) is 34.7 Å². The summed E-state index contributed by atoms with van der Waals surface area (Å²) >= 11 is 0. The number of para-hydroxylation sites is 1. The Balaban J connectivity index is 2.10. The molecule has 0 amide bonds. The van der Waals surface area contributed by atoms with E-state index in [0.717, 1.165) is 0 Å². The Morgan fingerprint density at radius 3 is 2.57 bits per heavy atom. The maximum absolute atomic E-state index is 14.2. The zero-order valence-electron chi connectivity index (χ0n) is 16.8. The van der Waals surface area contributed by atoms with E-state index in [9.17, 15) is 17.6 Å². The largest absolute Gasteiger partial charge is 0.421 e. The van der Waals surface area contributed by atoms with Crippen molar-refractivity contribution < 1.29 is 17.5 Å². The predicted molar refractivity (Wildman–Crippen MR) is 109 cm³/mol. The molecule has 158 valence electrons. The quantitative estimate of drug-likeness (QED) is 0.565. The Kier molecular flexibility index (Phi) is 6.25. The molecule has 0 atom stereocenters. The van der Waals surface area contributed by atoms with Crippen LogP contribution in [0.1, 0.15) is 24.7 Å². The minimum atomic E-state index is -3.44. The molecule has 3 aromatic rings. The summed E-state index contributed by atoms with van der Waals surface area (Å²) in [4.78, 5) is 24.2. The molecule has 0 saturated heterocycles. The second-order valence-corrected chi connectivity index (χ2v) is 8.99. The van der Waals surface area contributed by atoms with Gasteiger partial charge < -0.3 is 9.30 Å². The number of aromatic nitrogens is 4. The van der Waals surface area contributed by atoms with Crippen LogP contribution in [0, 0.1) is 12.7 Å². The highest BCUT2D eigenvalue weighted by atomic mass is 32.2. The number of aryl methyl sites for hydroxylation is 2. The average Bonchev–Trinajstić information content (AvgIpc) is 2.66. The molecule has 2 aromatic heterocycles. The molecule has 0 aliphatic rings. The summed E-state index contributed by atoms with van der Waals surface area (Å²) in [5.74, 6) is -0.986. The SMILES string of the molecule is CCCS(=O)(=O)Cc1nc(Oc2c(C)cccc2F)nc(-c2ccc(=O)n(C)c2)n1. The van der Waals surface area contributed by atoms with Gasteiger partial charge in [-0.2, -0.15) is 9.97 Å². The van der Waals surface area contributed by atoms with E-state index in [2.05, 4.69) is 15.0 Å². The molecule has 0 saturated carbocycles. The first kappa shape index (κ1) is 21.6. The molecule has 2 heterocycles. The summed E-state index contributed by atoms with van der Waals surface area (Å²) < 4.78 is 45.7. The summed E-state index contributed by atoms with van der Waals surface area (Å²) in [6.45, 7) is 3.43. The highest BCUT2D eigenvalue weighted by Gasteiger charge is 2.18. The molecular weight excluding hydrogens is 411 g/mol. The molecule has 0 unspecified atom stereocenters. The molecular formula is C20H21FN4O4S. The normalized spacial score (nSPS) is 11.5. The molecule has 1 aromatic carbocycles. The lowest BCUT2D eigenvalue weighted by Gasteiger charge is -2.11. The lowest BCUT2D eigenvalue weighted by Crippen LogP contribution is -2.15. The monoisotopic (exact) mass is 432 g/mol. The highest BCUT2D eigenvalue weighted by molar-refractivity contribution is 7.90. The van der Waals surface area contributed by atoms with Crippen molar-refractivity contribution in [2.24, 2.45) is 7.05 Å². The van der Waals surface area contributed by atoms with Crippen molar-refractivity contribution >= 4 is 9.84 Å². The second-order valence-electron chi connectivity index (χ2n) is 6.80. The number of hydrogen-bond donors (Lipinski definition) is 0. The van der Waals surface area contributed by atoms with Crippen LogP contribution in [-0.2, 0) is 22.6 Å². The minimum Gasteiger partial charge on any atom is -0.421 e. The van der Waals surface area contributed by atoms with Crippen molar-refractivity contribution in [3.8, 4) is 23.1 Å². The number of hydrogen-bond acceptors (Lipinski definition) is 7. The smallest absolute Gasteiger partial charge is 0.325 e. The van der Waals surface area contributed by atoms with Gasteiger partial charge in [0.25, 0.3) is 0 Å². The van der Waals surface area contributed by atoms with Crippen LogP contribution in [0.4, 0.5) is 4.39 Å². The van der Waals surface area contributed by atoms with Gasteiger partial charge >= 0.3 is 6.01 Å². The highest BCUT2D eigenvalue weighted by Crippen LogP contribution is 2.27. The molecule has 0 aliphatic heterocycles. The number of nitrogens with zero attached hydrogens (tertiary/aromatic N) is 4. The van der Waals surface area contributed by atoms with Crippen LogP contribution in [0.3, 0.4) is 0 Å². The molecule has 10 heteroatoms. The van der Waals surface area contributed by atoms with Gasteiger partial charge in [-0.1, -0.05) is 19.1 Å². The van der Waals surface area contributed by atoms with Gasteiger partial charge in [-0.15, -0.1) is 0 Å². The third-order valence-corrected chi connectivity index (χ3v) is 5.95. The maximum atomic E-state index is 14.2. The maximum Gasteiger partial charge on any atom is 0.325 e. The summed E-state index contributed by atoms with van der Waals surface area (Å²) in [5, 5.41) is 0. The van der Waals surface area contributed by atoms with Crippen LogP contribution in [0.2, 0.25) is 0 Å². The molecule has 30 heavy (non-hydrogen) atoms. The number of pyridine rings is 1. The van der Waals surface area contributed by atoms with Crippen molar-refractivity contribution in [3.05, 3.63) is 64.1 Å². The summed E-state index contributed by atoms with van der Waals surface area (Å²) in [7, 11) is -1.87. The third kappa shape index (κ3) is 5.07. The molecule has 0 bridgehead atoms. The van der Waals surface area contributed by atoms with Crippen LogP contribution >= 0.6 is 0 Å². The number of halogens is 1. The van der Waals surface area contributed by atoms with Crippen molar-refractivity contribution in [1.82, 2.24) is 19.5 Å². The number of rotatable bonds is 7. The minimum absolute atomic E-state index is 0.0174. The molecule has 0 spiro atoms. The van der Waals surface area contributed by atoms with E-state index in [1.165, 1.54) is 29.0 Å². The zero-order valence-corrected chi connectivity index (χ0v) is 17.6. The Morgan fingerprint density at radius 2 is 1.90 bits per heavy atom. The van der Waals surface area contributed by atoms with Gasteiger partial charge in [0.1, 0.15) is 5.75 Å². The molecule has 0 N–H and O–H groups in total. The van der Waals surface area contributed by atoms with Crippen LogP contribution in [-0.4, -0.2) is 33.7 Å². The van der Waals surface area contributed by atoms with E-state index >= 15 is 0 Å². The number of ether oxygens (including phenoxy) is 1. The van der Waals surface area contributed by atoms with E-state index in [0.29, 0.717) is 17.5 Å². The van der Waals surface area contributed by atoms with E-state index < -0.39 is 21.4 Å². The van der Waals surface area contributed by atoms with Crippen LogP contribution < -0.4 is 10.3 Å². The zero-order chi connectivity index (χ0) is 21.9. The van der Waals surface area contributed by atoms with Gasteiger partial charge in [0, 0.05) is 24.9 Å². The molecule has 0 radical (unpaired) electrons. The fourth-order valence-corrected chi connectivity index (χ4v) is 4.07. The van der Waals surface area contributed by atoms with E-state index in [1.807, 2.05) is 0 Å². The van der Waals surface area contributed by atoms with E-state index in [1.54, 1.807) is 33.0 Å². The van der Waals surface area contributed by atoms with Crippen molar-refractivity contribution in [2.75, 3.05) is 5.75 Å². The van der Waals surface area contributed by atoms with Gasteiger partial charge in [0.05, 0.1) is 5.75 Å². The van der Waals surface area contributed by atoms with Gasteiger partial charge in [-0.05, 0) is 31.0 Å². The van der Waals surface area contributed by atoms with Crippen LogP contribution in [0.15, 0.2) is 41.3 Å². The van der Waals surface area contributed by atoms with Gasteiger partial charge in [-0.25, -0.2) is 17.8 Å². The lowest BCUT2D eigenvalue weighted by molar-refractivity contribution is 0.405. The van der Waals surface area contributed by atoms with Crippen LogP contribution in [0.5, 0.6) is 11.8 Å². The first-order chi connectivity index (χ1) is 14.2. The molecule has 8 nitrogen and oxygen atoms in total. The average molecular weight is 432 g/mol. The predicted octanol–water partition coefficient (Wildman–Crippen LogP) is 2.80. The van der Waals surface area contributed by atoms with E-state index in [4.69, 9.17) is 4.74 Å². The van der Waals surface area contributed by atoms with Crippen LogP contribution in [0.25, 0.3) is 11.4 Å². The number of sulfone groups is 1. The van der Waals surface area contributed by atoms with Gasteiger partial charge in [0.15, 0.2) is 33.1 Å². The fourth-order valence-electron chi connectivity index (χ4n) is 2.78. The Morgan fingerprint density at radius 1 is 1.13 bits per heavy atom. The van der Waals surface area contributed by atoms with Crippen molar-refractivity contribution in [1.29, 1.82) is 0 Å². The lowest BCUT2D eigenvalue weighted by atomic mass is 10.2. The Labute approximate surface area is 173 Å². The molecule has 0 fully saturated rings. The standard InChI is InChI=1S/C20H21FN4O4S/c1-4-10-30(27,28)12-16-22-19(14-8-9-17(26)25(3)11-14)24-20(23-16)29-18-13(2)6-5-7-15(18)21/h5-9,11H,4,10,12H2,1-3H3. The van der Waals surface area contributed by atoms with Crippen molar-refractivity contribution in [2.45, 2.75) is 26.0 Å². The van der Waals surface area contributed by atoms with Gasteiger partial charge in [-0.3, -0.25) is 4.79 Å². The third-order valence-electron chi connectivity index (χ3n) is 4.23. The summed E-state index contributed by atoms with van der Waals surface area (Å²) in [6.07, 6.45) is 1.97. The topological polar surface area (TPSA) is 104 Å². The summed E-state index contributed by atoms with van der Waals surface area (Å²) in [5.41, 5.74) is 0.764. The summed E-state index contributed by atoms with van der Waals surface area (Å²) in [6, 6.07) is 7.07. The molecule has 0 aliphatic carbocycles. The first-order valence-corrected chi connectivity index (χ1v) is 11.1. The Hall–Kier alpha value is -3.14.